The van der Waals surface area contributed by atoms with E-state index < -0.39 is 0 Å². The van der Waals surface area contributed by atoms with Crippen LogP contribution in [0.1, 0.15) is 63.0 Å². The summed E-state index contributed by atoms with van der Waals surface area (Å²) in [6.07, 6.45) is 10.2. The van der Waals surface area contributed by atoms with E-state index in [1.807, 2.05) is 30.3 Å². The summed E-state index contributed by atoms with van der Waals surface area (Å²) in [5, 5.41) is 10.0. The summed E-state index contributed by atoms with van der Waals surface area (Å²) in [7, 11) is 0. The molecule has 0 heterocycles. The van der Waals surface area contributed by atoms with Gasteiger partial charge in [-0.3, -0.25) is 0 Å². The second kappa shape index (κ2) is 6.80. The van der Waals surface area contributed by atoms with Crippen molar-refractivity contribution in [2.24, 2.45) is 5.92 Å². The first-order valence-electron chi connectivity index (χ1n) is 7.09. The van der Waals surface area contributed by atoms with Crippen LogP contribution in [-0.2, 0) is 0 Å². The van der Waals surface area contributed by atoms with Crippen LogP contribution in [0.2, 0.25) is 0 Å². The first-order valence-corrected chi connectivity index (χ1v) is 7.09. The Labute approximate surface area is 105 Å². The Bertz CT molecular complexity index is 301. The number of benzene rings is 1. The van der Waals surface area contributed by atoms with Crippen LogP contribution in [0.3, 0.4) is 0 Å². The van der Waals surface area contributed by atoms with Gasteiger partial charge in [-0.25, -0.2) is 0 Å². The number of rotatable bonds is 6. The lowest BCUT2D eigenvalue weighted by Gasteiger charge is -2.12. The summed E-state index contributed by atoms with van der Waals surface area (Å²) < 4.78 is 0. The van der Waals surface area contributed by atoms with E-state index in [9.17, 15) is 5.11 Å². The first kappa shape index (κ1) is 12.6. The lowest BCUT2D eigenvalue weighted by molar-refractivity contribution is 0.162. The molecule has 1 fully saturated rings. The van der Waals surface area contributed by atoms with Gasteiger partial charge in [0.1, 0.15) is 0 Å². The molecule has 1 aromatic rings. The van der Waals surface area contributed by atoms with E-state index in [4.69, 9.17) is 0 Å². The van der Waals surface area contributed by atoms with Crippen LogP contribution in [0.4, 0.5) is 0 Å². The van der Waals surface area contributed by atoms with Gasteiger partial charge in [-0.1, -0.05) is 75.3 Å². The predicted octanol–water partition coefficient (Wildman–Crippen LogP) is 4.47. The van der Waals surface area contributed by atoms with Gasteiger partial charge in [0.25, 0.3) is 0 Å². The van der Waals surface area contributed by atoms with Crippen molar-refractivity contribution < 1.29 is 5.11 Å². The summed E-state index contributed by atoms with van der Waals surface area (Å²) in [4.78, 5) is 0. The average Bonchev–Trinajstić information content (AvgIpc) is 2.88. The standard InChI is InChI=1S/C16H24O/c17-16(15-11-2-1-3-12-15)13-7-6-10-14-8-4-5-9-14/h1-3,11-12,14,16-17H,4-10,13H2. The molecular weight excluding hydrogens is 208 g/mol. The third-order valence-electron chi connectivity index (χ3n) is 4.00. The number of hydrogen-bond donors (Lipinski definition) is 1. The zero-order valence-corrected chi connectivity index (χ0v) is 10.6. The van der Waals surface area contributed by atoms with Gasteiger partial charge in [0.15, 0.2) is 0 Å². The molecule has 2 rings (SSSR count). The third kappa shape index (κ3) is 4.16. The molecule has 0 aliphatic heterocycles. The molecule has 0 spiro atoms. The Balaban J connectivity index is 1.61. The van der Waals surface area contributed by atoms with Gasteiger partial charge in [-0.15, -0.1) is 0 Å². The highest BCUT2D eigenvalue weighted by Gasteiger charge is 2.14. The lowest BCUT2D eigenvalue weighted by Crippen LogP contribution is -1.98. The minimum Gasteiger partial charge on any atom is -0.388 e. The summed E-state index contributed by atoms with van der Waals surface area (Å²) in [5.74, 6) is 0.990. The molecule has 1 aromatic carbocycles. The van der Waals surface area contributed by atoms with E-state index in [-0.39, 0.29) is 6.10 Å². The molecule has 0 aromatic heterocycles. The minimum atomic E-state index is -0.264. The van der Waals surface area contributed by atoms with E-state index in [1.54, 1.807) is 0 Å². The van der Waals surface area contributed by atoms with Crippen LogP contribution in [0, 0.1) is 5.92 Å². The van der Waals surface area contributed by atoms with Gasteiger partial charge < -0.3 is 5.11 Å². The highest BCUT2D eigenvalue weighted by molar-refractivity contribution is 5.16. The van der Waals surface area contributed by atoms with Crippen LogP contribution >= 0.6 is 0 Å². The van der Waals surface area contributed by atoms with Crippen molar-refractivity contribution in [3.63, 3.8) is 0 Å². The second-order valence-corrected chi connectivity index (χ2v) is 5.36. The maximum Gasteiger partial charge on any atom is 0.0790 e. The fourth-order valence-electron chi connectivity index (χ4n) is 2.91. The summed E-state index contributed by atoms with van der Waals surface area (Å²) in [6, 6.07) is 10.0. The van der Waals surface area contributed by atoms with E-state index in [1.165, 1.54) is 38.5 Å². The molecule has 0 amide bonds. The van der Waals surface area contributed by atoms with E-state index in [0.717, 1.165) is 24.3 Å². The zero-order chi connectivity index (χ0) is 11.9. The molecular formula is C16H24O. The summed E-state index contributed by atoms with van der Waals surface area (Å²) in [5.41, 5.74) is 1.06. The zero-order valence-electron chi connectivity index (χ0n) is 10.6. The number of unbranched alkanes of at least 4 members (excludes halogenated alkanes) is 1. The monoisotopic (exact) mass is 232 g/mol. The van der Waals surface area contributed by atoms with Gasteiger partial charge >= 0.3 is 0 Å². The Kier molecular flexibility index (Phi) is 5.06. The summed E-state index contributed by atoms with van der Waals surface area (Å²) >= 11 is 0. The molecule has 0 bridgehead atoms. The molecule has 1 aliphatic carbocycles. The topological polar surface area (TPSA) is 20.2 Å². The maximum absolute atomic E-state index is 10.0. The molecule has 0 saturated heterocycles. The molecule has 1 N–H and O–H groups in total. The second-order valence-electron chi connectivity index (χ2n) is 5.36. The molecule has 1 nitrogen and oxygen atoms in total. The molecule has 1 atom stereocenters. The smallest absolute Gasteiger partial charge is 0.0790 e. The third-order valence-corrected chi connectivity index (χ3v) is 4.00. The van der Waals surface area contributed by atoms with Crippen LogP contribution in [0.5, 0.6) is 0 Å². The highest BCUT2D eigenvalue weighted by atomic mass is 16.3. The van der Waals surface area contributed by atoms with Crippen molar-refractivity contribution in [3.8, 4) is 0 Å². The fraction of sp³-hybridized carbons (Fsp3) is 0.625. The molecule has 1 aliphatic rings. The SMILES string of the molecule is OC(CCCCC1CCCC1)c1ccccc1. The van der Waals surface area contributed by atoms with Crippen molar-refractivity contribution in [1.29, 1.82) is 0 Å². The molecule has 94 valence electrons. The number of aliphatic hydroxyl groups excluding tert-OH is 1. The molecule has 17 heavy (non-hydrogen) atoms. The highest BCUT2D eigenvalue weighted by Crippen LogP contribution is 2.29. The van der Waals surface area contributed by atoms with Crippen LogP contribution in [0.25, 0.3) is 0 Å². The van der Waals surface area contributed by atoms with Crippen molar-refractivity contribution >= 4 is 0 Å². The minimum absolute atomic E-state index is 0.264. The van der Waals surface area contributed by atoms with E-state index in [0.29, 0.717) is 0 Å². The Morgan fingerprint density at radius 2 is 1.76 bits per heavy atom. The lowest BCUT2D eigenvalue weighted by atomic mass is 9.97. The molecule has 0 radical (unpaired) electrons. The quantitative estimate of drug-likeness (QED) is 0.717. The molecule has 1 unspecified atom stereocenters. The van der Waals surface area contributed by atoms with Crippen LogP contribution < -0.4 is 0 Å². The maximum atomic E-state index is 10.0. The van der Waals surface area contributed by atoms with Crippen molar-refractivity contribution in [3.05, 3.63) is 35.9 Å². The van der Waals surface area contributed by atoms with Gasteiger partial charge in [-0.2, -0.15) is 0 Å². The van der Waals surface area contributed by atoms with E-state index in [2.05, 4.69) is 0 Å². The van der Waals surface area contributed by atoms with E-state index >= 15 is 0 Å². The summed E-state index contributed by atoms with van der Waals surface area (Å²) in [6.45, 7) is 0. The number of hydrogen-bond acceptors (Lipinski definition) is 1. The largest absolute Gasteiger partial charge is 0.388 e. The number of aliphatic hydroxyl groups is 1. The van der Waals surface area contributed by atoms with Crippen molar-refractivity contribution in [2.75, 3.05) is 0 Å². The molecule has 1 heteroatoms. The van der Waals surface area contributed by atoms with Gasteiger partial charge in [0.05, 0.1) is 6.10 Å². The van der Waals surface area contributed by atoms with Crippen LogP contribution in [0.15, 0.2) is 30.3 Å². The van der Waals surface area contributed by atoms with Gasteiger partial charge in [0.2, 0.25) is 0 Å². The predicted molar refractivity (Wildman–Crippen MR) is 71.8 cm³/mol. The average molecular weight is 232 g/mol. The Hall–Kier alpha value is -0.820. The van der Waals surface area contributed by atoms with Gasteiger partial charge in [-0.05, 0) is 17.9 Å². The van der Waals surface area contributed by atoms with Gasteiger partial charge in [0, 0.05) is 0 Å². The van der Waals surface area contributed by atoms with Crippen LogP contribution in [-0.4, -0.2) is 5.11 Å². The normalized spacial score (nSPS) is 18.4. The Morgan fingerprint density at radius 3 is 2.47 bits per heavy atom. The fourth-order valence-corrected chi connectivity index (χ4v) is 2.91. The van der Waals surface area contributed by atoms with Crippen molar-refractivity contribution in [1.82, 2.24) is 0 Å². The van der Waals surface area contributed by atoms with Crippen molar-refractivity contribution in [2.45, 2.75) is 57.5 Å². The molecule has 1 saturated carbocycles. The first-order chi connectivity index (χ1) is 8.36. The Morgan fingerprint density at radius 1 is 1.06 bits per heavy atom.